The lowest BCUT2D eigenvalue weighted by Crippen LogP contribution is -2.48. The summed E-state index contributed by atoms with van der Waals surface area (Å²) in [6.07, 6.45) is 0.894. The molecule has 1 aliphatic rings. The number of carbonyl (C=O) groups excluding carboxylic acids is 1. The zero-order valence-corrected chi connectivity index (χ0v) is 26.3. The Kier molecular flexibility index (Phi) is 9.76. The Morgan fingerprint density at radius 1 is 1.02 bits per heavy atom. The Balaban J connectivity index is 0.000000606. The van der Waals surface area contributed by atoms with E-state index in [9.17, 15) is 22.4 Å². The van der Waals surface area contributed by atoms with E-state index >= 15 is 0 Å². The molecule has 0 bridgehead atoms. The Morgan fingerprint density at radius 2 is 1.73 bits per heavy atom. The van der Waals surface area contributed by atoms with Crippen LogP contribution in [0.15, 0.2) is 55.8 Å². The number of halogens is 4. The second kappa shape index (κ2) is 14.0. The van der Waals surface area contributed by atoms with Crippen molar-refractivity contribution in [3.63, 3.8) is 0 Å². The average molecular weight is 684 g/mol. The van der Waals surface area contributed by atoms with Crippen molar-refractivity contribution in [3.8, 4) is 17.2 Å². The summed E-state index contributed by atoms with van der Waals surface area (Å²) in [5, 5.41) is 10.4. The van der Waals surface area contributed by atoms with Gasteiger partial charge in [-0.15, -0.1) is 0 Å². The predicted octanol–water partition coefficient (Wildman–Crippen LogP) is 4.77. The lowest BCUT2D eigenvalue weighted by atomic mass is 10.1. The van der Waals surface area contributed by atoms with Crippen LogP contribution < -0.4 is 19.7 Å². The number of rotatable bonds is 7. The van der Waals surface area contributed by atoms with Gasteiger partial charge >= 0.3 is 12.1 Å². The first kappa shape index (κ1) is 34.3. The van der Waals surface area contributed by atoms with Crippen LogP contribution in [0.1, 0.15) is 5.56 Å². The van der Waals surface area contributed by atoms with Crippen LogP contribution >= 0.6 is 0 Å². The van der Waals surface area contributed by atoms with Gasteiger partial charge in [0.25, 0.3) is 0 Å². The molecule has 1 amide bonds. The van der Waals surface area contributed by atoms with Gasteiger partial charge in [-0.1, -0.05) is 6.58 Å². The van der Waals surface area contributed by atoms with E-state index in [1.807, 2.05) is 17.9 Å². The Hall–Kier alpha value is -6.07. The molecule has 0 spiro atoms. The average Bonchev–Trinajstić information content (AvgIpc) is 3.46. The number of nitrogens with zero attached hydrogens (tertiary/aromatic N) is 8. The largest absolute Gasteiger partial charge is 0.494 e. The molecule has 2 N–H and O–H groups in total. The summed E-state index contributed by atoms with van der Waals surface area (Å²) in [5.41, 5.74) is 3.42. The van der Waals surface area contributed by atoms with Gasteiger partial charge in [0.15, 0.2) is 11.6 Å². The van der Waals surface area contributed by atoms with Gasteiger partial charge in [-0.05, 0) is 24.6 Å². The SMILES string of the molecule is C=CC(=O)N1CCN(c2ncc3ncnc(Nc4cc(C)c(Oc5cc(F)c6c(c5)ncn6C)cc4OC)c3n2)CC1.O=C(O)C(F)(F)F. The molecular weight excluding hydrogens is 654 g/mol. The number of fused-ring (bicyclic) bond motifs is 2. The van der Waals surface area contributed by atoms with E-state index in [-0.39, 0.29) is 5.91 Å². The third-order valence-corrected chi connectivity index (χ3v) is 7.37. The molecule has 18 heteroatoms. The van der Waals surface area contributed by atoms with Crippen molar-refractivity contribution in [2.24, 2.45) is 7.05 Å². The molecule has 0 atom stereocenters. The van der Waals surface area contributed by atoms with Crippen LogP contribution in [0.2, 0.25) is 0 Å². The summed E-state index contributed by atoms with van der Waals surface area (Å²) in [4.78, 5) is 46.9. The Bertz CT molecular complexity index is 2050. The molecule has 0 radical (unpaired) electrons. The number of amides is 1. The van der Waals surface area contributed by atoms with Crippen molar-refractivity contribution in [2.45, 2.75) is 13.1 Å². The normalized spacial score (nSPS) is 13.1. The maximum Gasteiger partial charge on any atom is 0.490 e. The molecule has 0 unspecified atom stereocenters. The van der Waals surface area contributed by atoms with E-state index in [0.29, 0.717) is 82.9 Å². The third-order valence-electron chi connectivity index (χ3n) is 7.37. The molecule has 3 aromatic heterocycles. The number of imidazole rings is 1. The first-order valence-electron chi connectivity index (χ1n) is 14.5. The quantitative estimate of drug-likeness (QED) is 0.179. The fraction of sp³-hybridized carbons (Fsp3) is 0.258. The summed E-state index contributed by atoms with van der Waals surface area (Å²) < 4.78 is 59.8. The summed E-state index contributed by atoms with van der Waals surface area (Å²) in [6, 6.07) is 6.61. The van der Waals surface area contributed by atoms with Gasteiger partial charge in [0.05, 0.1) is 30.8 Å². The molecule has 0 saturated carbocycles. The van der Waals surface area contributed by atoms with Crippen LogP contribution in [-0.4, -0.2) is 90.8 Å². The number of aliphatic carboxylic acids is 1. The van der Waals surface area contributed by atoms with Gasteiger partial charge in [-0.2, -0.15) is 13.2 Å². The fourth-order valence-electron chi connectivity index (χ4n) is 4.92. The molecule has 4 heterocycles. The summed E-state index contributed by atoms with van der Waals surface area (Å²) in [5.74, 6) is -0.964. The zero-order chi connectivity index (χ0) is 35.5. The van der Waals surface area contributed by atoms with Crippen molar-refractivity contribution in [3.05, 3.63) is 67.2 Å². The number of aromatic nitrogens is 6. The number of carboxylic acid groups (broad SMARTS) is 1. The van der Waals surface area contributed by atoms with Crippen LogP contribution in [0.25, 0.3) is 22.1 Å². The zero-order valence-electron chi connectivity index (χ0n) is 26.3. The first-order chi connectivity index (χ1) is 23.3. The lowest BCUT2D eigenvalue weighted by molar-refractivity contribution is -0.192. The number of hydrogen-bond acceptors (Lipinski definition) is 11. The molecule has 49 heavy (non-hydrogen) atoms. The molecule has 1 saturated heterocycles. The predicted molar refractivity (Wildman–Crippen MR) is 170 cm³/mol. The summed E-state index contributed by atoms with van der Waals surface area (Å²) >= 11 is 0. The topological polar surface area (TPSA) is 161 Å². The van der Waals surface area contributed by atoms with E-state index in [1.54, 1.807) is 48.3 Å². The number of nitrogens with one attached hydrogen (secondary N) is 1. The van der Waals surface area contributed by atoms with Crippen molar-refractivity contribution >= 4 is 51.4 Å². The van der Waals surface area contributed by atoms with Gasteiger partial charge < -0.3 is 34.3 Å². The summed E-state index contributed by atoms with van der Waals surface area (Å²) in [6.45, 7) is 7.73. The van der Waals surface area contributed by atoms with E-state index in [0.717, 1.165) is 5.56 Å². The molecule has 0 aliphatic carbocycles. The molecule has 14 nitrogen and oxygen atoms in total. The highest BCUT2D eigenvalue weighted by Gasteiger charge is 2.38. The van der Waals surface area contributed by atoms with Crippen LogP contribution in [0.3, 0.4) is 0 Å². The molecule has 2 aromatic carbocycles. The van der Waals surface area contributed by atoms with Gasteiger partial charge in [0, 0.05) is 51.4 Å². The van der Waals surface area contributed by atoms with Crippen LogP contribution in [-0.2, 0) is 16.6 Å². The van der Waals surface area contributed by atoms with E-state index in [1.165, 1.54) is 18.5 Å². The van der Waals surface area contributed by atoms with Crippen molar-refractivity contribution in [1.82, 2.24) is 34.4 Å². The molecule has 5 aromatic rings. The Morgan fingerprint density at radius 3 is 2.39 bits per heavy atom. The van der Waals surface area contributed by atoms with E-state index < -0.39 is 18.0 Å². The smallest absolute Gasteiger partial charge is 0.490 e. The highest BCUT2D eigenvalue weighted by Crippen LogP contribution is 2.38. The number of hydrogen-bond donors (Lipinski definition) is 2. The van der Waals surface area contributed by atoms with E-state index in [2.05, 4.69) is 31.8 Å². The highest BCUT2D eigenvalue weighted by molar-refractivity contribution is 5.89. The van der Waals surface area contributed by atoms with Gasteiger partial charge in [0.2, 0.25) is 11.9 Å². The highest BCUT2D eigenvalue weighted by atomic mass is 19.4. The number of alkyl halides is 3. The van der Waals surface area contributed by atoms with Crippen LogP contribution in [0, 0.1) is 12.7 Å². The van der Waals surface area contributed by atoms with Crippen LogP contribution in [0.4, 0.5) is 35.0 Å². The van der Waals surface area contributed by atoms with E-state index in [4.69, 9.17) is 24.4 Å². The van der Waals surface area contributed by atoms with Gasteiger partial charge in [0.1, 0.15) is 40.1 Å². The summed E-state index contributed by atoms with van der Waals surface area (Å²) in [7, 11) is 3.29. The number of carboxylic acids is 1. The number of carbonyl (C=O) groups is 2. The first-order valence-corrected chi connectivity index (χ1v) is 14.5. The van der Waals surface area contributed by atoms with Gasteiger partial charge in [-0.3, -0.25) is 4.79 Å². The monoisotopic (exact) mass is 683 g/mol. The second-order valence-corrected chi connectivity index (χ2v) is 10.6. The molecule has 1 fully saturated rings. The minimum atomic E-state index is -5.08. The number of benzene rings is 2. The van der Waals surface area contributed by atoms with Crippen LogP contribution in [0.5, 0.6) is 17.2 Å². The number of methoxy groups -OCH3 is 1. The number of piperazine rings is 1. The second-order valence-electron chi connectivity index (χ2n) is 10.6. The molecule has 6 rings (SSSR count). The minimum Gasteiger partial charge on any atom is -0.494 e. The molecular formula is C31H29F4N9O5. The van der Waals surface area contributed by atoms with Crippen molar-refractivity contribution in [1.29, 1.82) is 0 Å². The number of anilines is 3. The maximum atomic E-state index is 14.7. The lowest BCUT2D eigenvalue weighted by Gasteiger charge is -2.34. The maximum absolute atomic E-state index is 14.7. The Labute approximate surface area is 275 Å². The minimum absolute atomic E-state index is 0.0870. The molecule has 1 aliphatic heterocycles. The number of aryl methyl sites for hydroxylation is 2. The number of ether oxygens (including phenoxy) is 2. The third kappa shape index (κ3) is 7.58. The van der Waals surface area contributed by atoms with Crippen molar-refractivity contribution in [2.75, 3.05) is 43.5 Å². The van der Waals surface area contributed by atoms with Crippen molar-refractivity contribution < 1.29 is 41.7 Å². The van der Waals surface area contributed by atoms with Gasteiger partial charge in [-0.25, -0.2) is 34.1 Å². The fourth-order valence-corrected chi connectivity index (χ4v) is 4.92. The molecule has 256 valence electrons. The standard InChI is InChI=1S/C29H28FN9O3.C2HF3O2/c1-5-25(40)38-6-8-39(9-7-38)29-31-14-22-26(36-29)28(33-15-32-22)35-20-10-17(2)23(13-24(20)41-4)42-18-11-19(30)27-21(12-18)34-16-37(27)3;3-2(4,5)1(6)7/h5,10-16H,1,6-9H2,2-4H3,(H,32,33,35);(H,6,7).